The molecule has 1 heterocycles. The normalized spacial score (nSPS) is 13.8. The van der Waals surface area contributed by atoms with Gasteiger partial charge in [-0.15, -0.1) is 11.3 Å². The molecule has 0 saturated carbocycles. The molecule has 2 aromatic rings. The third-order valence-electron chi connectivity index (χ3n) is 4.92. The van der Waals surface area contributed by atoms with E-state index in [-0.39, 0.29) is 12.0 Å². The third kappa shape index (κ3) is 3.76. The van der Waals surface area contributed by atoms with Gasteiger partial charge in [0.25, 0.3) is 0 Å². The van der Waals surface area contributed by atoms with Gasteiger partial charge in [-0.2, -0.15) is 0 Å². The van der Waals surface area contributed by atoms with Crippen molar-refractivity contribution in [1.29, 1.82) is 0 Å². The molecule has 0 radical (unpaired) electrons. The number of benzene rings is 1. The van der Waals surface area contributed by atoms with Crippen molar-refractivity contribution in [3.8, 4) is 0 Å². The van der Waals surface area contributed by atoms with E-state index in [1.807, 2.05) is 0 Å². The van der Waals surface area contributed by atoms with Crippen LogP contribution in [-0.2, 0) is 17.6 Å². The summed E-state index contributed by atoms with van der Waals surface area (Å²) in [5.41, 5.74) is 5.48. The van der Waals surface area contributed by atoms with Crippen molar-refractivity contribution < 1.29 is 9.53 Å². The molecule has 1 aromatic carbocycles. The standard InChI is InChI=1S/C20H24N2O2S2/c1-11-8-9-14(10-12(11)2)13(3)21-20(25)22-18-17(19(23)24-4)15-6-5-7-16(15)26-18/h8-10,13H,5-7H2,1-4H3,(H2,21,22,25). The fourth-order valence-electron chi connectivity index (χ4n) is 3.26. The Morgan fingerprint density at radius 3 is 2.73 bits per heavy atom. The lowest BCUT2D eigenvalue weighted by Gasteiger charge is -2.18. The van der Waals surface area contributed by atoms with Crippen LogP contribution in [0.3, 0.4) is 0 Å². The molecule has 1 atom stereocenters. The summed E-state index contributed by atoms with van der Waals surface area (Å²) in [5.74, 6) is -0.295. The van der Waals surface area contributed by atoms with Crippen molar-refractivity contribution in [3.63, 3.8) is 0 Å². The lowest BCUT2D eigenvalue weighted by Crippen LogP contribution is -2.31. The molecule has 6 heteroatoms. The molecule has 0 aliphatic heterocycles. The van der Waals surface area contributed by atoms with E-state index in [1.165, 1.54) is 28.7 Å². The van der Waals surface area contributed by atoms with Gasteiger partial charge in [-0.1, -0.05) is 18.2 Å². The fraction of sp³-hybridized carbons (Fsp3) is 0.400. The van der Waals surface area contributed by atoms with Gasteiger partial charge in [0.15, 0.2) is 5.11 Å². The maximum absolute atomic E-state index is 12.2. The number of aryl methyl sites for hydroxylation is 3. The zero-order chi connectivity index (χ0) is 18.8. The summed E-state index contributed by atoms with van der Waals surface area (Å²) in [6.07, 6.45) is 3.04. The number of nitrogens with one attached hydrogen (secondary N) is 2. The first kappa shape index (κ1) is 18.9. The Kier molecular flexibility index (Phi) is 5.63. The molecule has 0 bridgehead atoms. The summed E-state index contributed by atoms with van der Waals surface area (Å²) >= 11 is 7.10. The van der Waals surface area contributed by atoms with Crippen LogP contribution >= 0.6 is 23.6 Å². The number of esters is 1. The molecule has 0 amide bonds. The molecule has 1 aliphatic rings. The van der Waals surface area contributed by atoms with Crippen LogP contribution in [0.2, 0.25) is 0 Å². The van der Waals surface area contributed by atoms with Gasteiger partial charge in [0.05, 0.1) is 18.7 Å². The van der Waals surface area contributed by atoms with E-state index in [1.54, 1.807) is 11.3 Å². The first-order valence-electron chi connectivity index (χ1n) is 8.78. The second-order valence-corrected chi connectivity index (χ2v) is 8.23. The van der Waals surface area contributed by atoms with Crippen LogP contribution in [0.5, 0.6) is 0 Å². The van der Waals surface area contributed by atoms with Gasteiger partial charge in [0.1, 0.15) is 5.00 Å². The topological polar surface area (TPSA) is 50.4 Å². The summed E-state index contributed by atoms with van der Waals surface area (Å²) in [5, 5.41) is 7.83. The van der Waals surface area contributed by atoms with Crippen LogP contribution in [0.15, 0.2) is 18.2 Å². The minimum Gasteiger partial charge on any atom is -0.465 e. The quantitative estimate of drug-likeness (QED) is 0.588. The highest BCUT2D eigenvalue weighted by atomic mass is 32.1. The van der Waals surface area contributed by atoms with Crippen LogP contribution in [0.4, 0.5) is 5.00 Å². The first-order chi connectivity index (χ1) is 12.4. The van der Waals surface area contributed by atoms with Gasteiger partial charge in [-0.3, -0.25) is 0 Å². The number of thiophene rings is 1. The number of anilines is 1. The van der Waals surface area contributed by atoms with Gasteiger partial charge in [0.2, 0.25) is 0 Å². The molecule has 26 heavy (non-hydrogen) atoms. The molecular weight excluding hydrogens is 364 g/mol. The molecule has 0 saturated heterocycles. The predicted octanol–water partition coefficient (Wildman–Crippen LogP) is 4.69. The van der Waals surface area contributed by atoms with Crippen LogP contribution < -0.4 is 10.6 Å². The predicted molar refractivity (Wildman–Crippen MR) is 111 cm³/mol. The van der Waals surface area contributed by atoms with Gasteiger partial charge >= 0.3 is 5.97 Å². The van der Waals surface area contributed by atoms with E-state index < -0.39 is 0 Å². The average Bonchev–Trinajstić information content (AvgIpc) is 3.17. The smallest absolute Gasteiger partial charge is 0.341 e. The van der Waals surface area contributed by atoms with Crippen molar-refractivity contribution in [1.82, 2.24) is 5.32 Å². The van der Waals surface area contributed by atoms with Crippen LogP contribution in [0.1, 0.15) is 56.9 Å². The van der Waals surface area contributed by atoms with Gasteiger partial charge in [-0.25, -0.2) is 4.79 Å². The Bertz CT molecular complexity index is 858. The van der Waals surface area contributed by atoms with Crippen molar-refractivity contribution in [3.05, 3.63) is 50.9 Å². The number of fused-ring (bicyclic) bond motifs is 1. The van der Waals surface area contributed by atoms with Gasteiger partial charge < -0.3 is 15.4 Å². The Balaban J connectivity index is 1.74. The molecule has 1 aromatic heterocycles. The zero-order valence-corrected chi connectivity index (χ0v) is 17.2. The average molecular weight is 389 g/mol. The molecule has 0 spiro atoms. The lowest BCUT2D eigenvalue weighted by molar-refractivity contribution is 0.0601. The zero-order valence-electron chi connectivity index (χ0n) is 15.6. The van der Waals surface area contributed by atoms with Crippen molar-refractivity contribution in [2.45, 2.75) is 46.1 Å². The Morgan fingerprint density at radius 1 is 1.27 bits per heavy atom. The van der Waals surface area contributed by atoms with E-state index >= 15 is 0 Å². The highest BCUT2D eigenvalue weighted by Gasteiger charge is 2.27. The van der Waals surface area contributed by atoms with Crippen LogP contribution in [-0.4, -0.2) is 18.2 Å². The van der Waals surface area contributed by atoms with Gasteiger partial charge in [0, 0.05) is 4.88 Å². The second kappa shape index (κ2) is 7.76. The second-order valence-electron chi connectivity index (χ2n) is 6.72. The number of hydrogen-bond acceptors (Lipinski definition) is 4. The van der Waals surface area contributed by atoms with E-state index in [9.17, 15) is 4.79 Å². The van der Waals surface area contributed by atoms with Crippen LogP contribution in [0, 0.1) is 13.8 Å². The maximum Gasteiger partial charge on any atom is 0.341 e. The lowest BCUT2D eigenvalue weighted by atomic mass is 10.0. The minimum atomic E-state index is -0.295. The van der Waals surface area contributed by atoms with E-state index in [0.717, 1.165) is 29.8 Å². The molecule has 1 aliphatic carbocycles. The monoisotopic (exact) mass is 388 g/mol. The van der Waals surface area contributed by atoms with E-state index in [4.69, 9.17) is 17.0 Å². The SMILES string of the molecule is COC(=O)c1c(NC(=S)NC(C)c2ccc(C)c(C)c2)sc2c1CCC2. The fourth-order valence-corrected chi connectivity index (χ4v) is 4.89. The molecule has 2 N–H and O–H groups in total. The largest absolute Gasteiger partial charge is 0.465 e. The highest BCUT2D eigenvalue weighted by molar-refractivity contribution is 7.80. The van der Waals surface area contributed by atoms with E-state index in [2.05, 4.69) is 49.6 Å². The van der Waals surface area contributed by atoms with Crippen molar-refractivity contribution in [2.75, 3.05) is 12.4 Å². The molecule has 3 rings (SSSR count). The van der Waals surface area contributed by atoms with E-state index in [0.29, 0.717) is 10.7 Å². The molecule has 0 fully saturated rings. The number of rotatable bonds is 4. The number of thiocarbonyl (C=S) groups is 1. The van der Waals surface area contributed by atoms with Crippen molar-refractivity contribution in [2.24, 2.45) is 0 Å². The molecule has 1 unspecified atom stereocenters. The Hall–Kier alpha value is -1.92. The summed E-state index contributed by atoms with van der Waals surface area (Å²) in [6, 6.07) is 6.48. The summed E-state index contributed by atoms with van der Waals surface area (Å²) in [6.45, 7) is 6.29. The molecule has 138 valence electrons. The minimum absolute atomic E-state index is 0.0719. The maximum atomic E-state index is 12.2. The number of carbonyl (C=O) groups excluding carboxylic acids is 1. The van der Waals surface area contributed by atoms with Crippen molar-refractivity contribution >= 4 is 39.6 Å². The number of hydrogen-bond donors (Lipinski definition) is 2. The first-order valence-corrected chi connectivity index (χ1v) is 10.0. The number of carbonyl (C=O) groups is 1. The molecule has 4 nitrogen and oxygen atoms in total. The third-order valence-corrected chi connectivity index (χ3v) is 6.34. The Labute approximate surface area is 164 Å². The Morgan fingerprint density at radius 2 is 2.04 bits per heavy atom. The summed E-state index contributed by atoms with van der Waals surface area (Å²) < 4.78 is 4.98. The number of methoxy groups -OCH3 is 1. The van der Waals surface area contributed by atoms with Crippen LogP contribution in [0.25, 0.3) is 0 Å². The highest BCUT2D eigenvalue weighted by Crippen LogP contribution is 2.39. The van der Waals surface area contributed by atoms with Gasteiger partial charge in [-0.05, 0) is 74.5 Å². The molecular formula is C20H24N2O2S2. The summed E-state index contributed by atoms with van der Waals surface area (Å²) in [4.78, 5) is 13.5. The number of ether oxygens (including phenoxy) is 1. The summed E-state index contributed by atoms with van der Waals surface area (Å²) in [7, 11) is 1.42.